The molecule has 0 saturated heterocycles. The molecule has 0 aromatic heterocycles. The number of carboxylic acid groups (broad SMARTS) is 1. The molecular weight excluding hydrogens is 225 g/mol. The van der Waals surface area contributed by atoms with Crippen molar-refractivity contribution in [1.29, 1.82) is 0 Å². The number of carboxylic acids is 1. The van der Waals surface area contributed by atoms with Gasteiger partial charge in [0.2, 0.25) is 0 Å². The summed E-state index contributed by atoms with van der Waals surface area (Å²) in [5.41, 5.74) is -2.90. The van der Waals surface area contributed by atoms with Gasteiger partial charge in [-0.05, 0) is 5.56 Å². The van der Waals surface area contributed by atoms with E-state index in [0.29, 0.717) is 0 Å². The highest BCUT2D eigenvalue weighted by Crippen LogP contribution is 2.52. The molecule has 0 spiro atoms. The number of nitrogens with zero attached hydrogens (tertiary/aromatic N) is 2. The van der Waals surface area contributed by atoms with Crippen LogP contribution in [-0.4, -0.2) is 12.1 Å². The van der Waals surface area contributed by atoms with Crippen LogP contribution < -0.4 is 5.11 Å². The largest absolute Gasteiger partial charge is 0.545 e. The molecule has 1 aliphatic heterocycles. The van der Waals surface area contributed by atoms with Crippen LogP contribution in [0.3, 0.4) is 0 Å². The second-order valence-electron chi connectivity index (χ2n) is 3.23. The van der Waals surface area contributed by atoms with Gasteiger partial charge in [-0.25, -0.2) is 0 Å². The molecule has 0 unspecified atom stereocenters. The predicted octanol–water partition coefficient (Wildman–Crippen LogP) is 1.23. The normalized spacial score (nSPS) is 17.2. The first-order valence-electron chi connectivity index (χ1n) is 4.19. The fraction of sp³-hybridized carbons (Fsp3) is 0.222. The summed E-state index contributed by atoms with van der Waals surface area (Å²) in [6, 6.07) is 4.11. The van der Waals surface area contributed by atoms with Crippen molar-refractivity contribution in [3.8, 4) is 0 Å². The molecule has 1 heterocycles. The third-order valence-electron chi connectivity index (χ3n) is 2.22. The summed E-state index contributed by atoms with van der Waals surface area (Å²) < 4.78 is 37.6. The molecule has 4 nitrogen and oxygen atoms in total. The first kappa shape index (κ1) is 10.6. The molecule has 0 atom stereocenters. The standard InChI is InChI=1S/C9H5F3N2O2/c10-9(11,12)8(13-14-8)6-3-1-5(2-4-6)7(15)16/h1-4H,(H,15,16)/p-1. The summed E-state index contributed by atoms with van der Waals surface area (Å²) in [5.74, 6) is -1.45. The lowest BCUT2D eigenvalue weighted by atomic mass is 10.0. The van der Waals surface area contributed by atoms with Gasteiger partial charge in [-0.3, -0.25) is 0 Å². The number of alkyl halides is 3. The number of benzene rings is 1. The second kappa shape index (κ2) is 3.03. The summed E-state index contributed by atoms with van der Waals surface area (Å²) in [5, 5.41) is 16.4. The molecule has 1 aromatic carbocycles. The number of carbonyl (C=O) groups is 1. The highest BCUT2D eigenvalue weighted by molar-refractivity contribution is 5.85. The van der Waals surface area contributed by atoms with Gasteiger partial charge < -0.3 is 9.90 Å². The lowest BCUT2D eigenvalue weighted by Crippen LogP contribution is -2.30. The molecule has 2 rings (SSSR count). The molecule has 0 bridgehead atoms. The van der Waals surface area contributed by atoms with Gasteiger partial charge in [0.15, 0.2) is 0 Å². The Hall–Kier alpha value is -1.92. The van der Waals surface area contributed by atoms with Crippen LogP contribution in [0.1, 0.15) is 15.9 Å². The molecule has 0 amide bonds. The monoisotopic (exact) mass is 229 g/mol. The van der Waals surface area contributed by atoms with Gasteiger partial charge in [-0.1, -0.05) is 24.3 Å². The summed E-state index contributed by atoms with van der Waals surface area (Å²) in [6.07, 6.45) is -4.60. The Morgan fingerprint density at radius 3 is 2.00 bits per heavy atom. The first-order chi connectivity index (χ1) is 7.37. The van der Waals surface area contributed by atoms with E-state index in [1.807, 2.05) is 0 Å². The number of hydrogen-bond donors (Lipinski definition) is 0. The van der Waals surface area contributed by atoms with Crippen LogP contribution in [-0.2, 0) is 5.66 Å². The molecule has 84 valence electrons. The summed E-state index contributed by atoms with van der Waals surface area (Å²) in [4.78, 5) is 10.4. The molecule has 16 heavy (non-hydrogen) atoms. The predicted molar refractivity (Wildman–Crippen MR) is 43.4 cm³/mol. The van der Waals surface area contributed by atoms with E-state index in [9.17, 15) is 23.1 Å². The fourth-order valence-electron chi connectivity index (χ4n) is 1.28. The van der Waals surface area contributed by atoms with Gasteiger partial charge in [-0.2, -0.15) is 13.2 Å². The first-order valence-corrected chi connectivity index (χ1v) is 4.19. The van der Waals surface area contributed by atoms with Crippen LogP contribution in [0.2, 0.25) is 0 Å². The number of aromatic carboxylic acids is 1. The Bertz CT molecular complexity index is 459. The minimum absolute atomic E-state index is 0.193. The third-order valence-corrected chi connectivity index (χ3v) is 2.22. The minimum atomic E-state index is -4.60. The van der Waals surface area contributed by atoms with Gasteiger partial charge in [-0.15, -0.1) is 10.2 Å². The van der Waals surface area contributed by atoms with Gasteiger partial charge in [0.05, 0.1) is 5.97 Å². The van der Waals surface area contributed by atoms with Gasteiger partial charge in [0.25, 0.3) is 0 Å². The van der Waals surface area contributed by atoms with Gasteiger partial charge in [0.1, 0.15) is 0 Å². The van der Waals surface area contributed by atoms with Crippen molar-refractivity contribution in [1.82, 2.24) is 0 Å². The maximum atomic E-state index is 12.5. The number of hydrogen-bond acceptors (Lipinski definition) is 4. The van der Waals surface area contributed by atoms with E-state index in [1.165, 1.54) is 0 Å². The molecule has 0 N–H and O–H groups in total. The topological polar surface area (TPSA) is 64.8 Å². The van der Waals surface area contributed by atoms with Crippen molar-refractivity contribution in [2.75, 3.05) is 0 Å². The van der Waals surface area contributed by atoms with Crippen LogP contribution in [0.25, 0.3) is 0 Å². The molecular formula is C9H4F3N2O2-. The Morgan fingerprint density at radius 1 is 1.19 bits per heavy atom. The molecule has 1 aromatic rings. The number of rotatable bonds is 2. The van der Waals surface area contributed by atoms with E-state index in [-0.39, 0.29) is 11.1 Å². The molecule has 0 radical (unpaired) electrons. The molecule has 0 aliphatic carbocycles. The smallest absolute Gasteiger partial charge is 0.442 e. The Labute approximate surface area is 87.4 Å². The second-order valence-corrected chi connectivity index (χ2v) is 3.23. The average molecular weight is 229 g/mol. The van der Waals surface area contributed by atoms with Crippen molar-refractivity contribution in [3.63, 3.8) is 0 Å². The summed E-state index contributed by atoms with van der Waals surface area (Å²) in [7, 11) is 0. The molecule has 0 fully saturated rings. The molecule has 7 heteroatoms. The van der Waals surface area contributed by atoms with Crippen LogP contribution in [0, 0.1) is 0 Å². The van der Waals surface area contributed by atoms with Crippen LogP contribution >= 0.6 is 0 Å². The Balaban J connectivity index is 2.33. The lowest BCUT2D eigenvalue weighted by Gasteiger charge is -2.15. The quantitative estimate of drug-likeness (QED) is 0.765. The van der Waals surface area contributed by atoms with Crippen molar-refractivity contribution in [3.05, 3.63) is 35.4 Å². The van der Waals surface area contributed by atoms with Crippen LogP contribution in [0.15, 0.2) is 34.5 Å². The Morgan fingerprint density at radius 2 is 1.69 bits per heavy atom. The van der Waals surface area contributed by atoms with Crippen molar-refractivity contribution in [2.45, 2.75) is 11.8 Å². The van der Waals surface area contributed by atoms with Crippen molar-refractivity contribution < 1.29 is 23.1 Å². The SMILES string of the molecule is O=C([O-])c1ccc(C2(C(F)(F)F)N=N2)cc1. The van der Waals surface area contributed by atoms with Crippen molar-refractivity contribution in [2.24, 2.45) is 10.2 Å². The maximum absolute atomic E-state index is 12.5. The lowest BCUT2D eigenvalue weighted by molar-refractivity contribution is -0.255. The minimum Gasteiger partial charge on any atom is -0.545 e. The van der Waals surface area contributed by atoms with E-state index in [4.69, 9.17) is 0 Å². The molecule has 0 saturated carbocycles. The van der Waals surface area contributed by atoms with Gasteiger partial charge >= 0.3 is 11.8 Å². The van der Waals surface area contributed by atoms with Crippen LogP contribution in [0.5, 0.6) is 0 Å². The van der Waals surface area contributed by atoms with E-state index in [1.54, 1.807) is 0 Å². The summed E-state index contributed by atoms with van der Waals surface area (Å²) in [6.45, 7) is 0. The number of halogens is 3. The van der Waals surface area contributed by atoms with Crippen molar-refractivity contribution >= 4 is 5.97 Å². The third kappa shape index (κ3) is 1.44. The zero-order chi connectivity index (χ0) is 12.0. The highest BCUT2D eigenvalue weighted by Gasteiger charge is 2.65. The zero-order valence-electron chi connectivity index (χ0n) is 7.65. The zero-order valence-corrected chi connectivity index (χ0v) is 7.65. The van der Waals surface area contributed by atoms with E-state index < -0.39 is 17.8 Å². The highest BCUT2D eigenvalue weighted by atomic mass is 19.4. The maximum Gasteiger partial charge on any atom is 0.442 e. The summed E-state index contributed by atoms with van der Waals surface area (Å²) >= 11 is 0. The molecule has 1 aliphatic rings. The van der Waals surface area contributed by atoms with E-state index >= 15 is 0 Å². The van der Waals surface area contributed by atoms with E-state index in [0.717, 1.165) is 24.3 Å². The van der Waals surface area contributed by atoms with E-state index in [2.05, 4.69) is 10.2 Å². The fourth-order valence-corrected chi connectivity index (χ4v) is 1.28. The van der Waals surface area contributed by atoms with Crippen LogP contribution in [0.4, 0.5) is 13.2 Å². The Kier molecular flexibility index (Phi) is 2.01. The average Bonchev–Trinajstić information content (AvgIpc) is 2.97. The number of carbonyl (C=O) groups excluding carboxylic acids is 1. The van der Waals surface area contributed by atoms with Gasteiger partial charge in [0, 0.05) is 5.56 Å².